The van der Waals surface area contributed by atoms with Gasteiger partial charge < -0.3 is 23.8 Å². The Kier molecular flexibility index (Phi) is 7.45. The van der Waals surface area contributed by atoms with Crippen molar-refractivity contribution >= 4 is 17.6 Å². The van der Waals surface area contributed by atoms with E-state index in [1.54, 1.807) is 24.3 Å². The maximum Gasteiger partial charge on any atom is 0.342 e. The molecule has 0 bridgehead atoms. The van der Waals surface area contributed by atoms with Crippen LogP contribution in [0.3, 0.4) is 0 Å². The number of anilines is 1. The number of methoxy groups -OCH3 is 3. The molecule has 148 valence electrons. The molecule has 2 aromatic rings. The molecule has 0 aliphatic heterocycles. The summed E-state index contributed by atoms with van der Waals surface area (Å²) in [6.07, 6.45) is 1.60. The van der Waals surface area contributed by atoms with Crippen LogP contribution in [0.2, 0.25) is 0 Å². The minimum atomic E-state index is -0.710. The molecule has 28 heavy (non-hydrogen) atoms. The number of rotatable bonds is 9. The van der Waals surface area contributed by atoms with E-state index in [2.05, 4.69) is 6.58 Å². The van der Waals surface area contributed by atoms with Gasteiger partial charge in [-0.1, -0.05) is 24.3 Å². The molecular weight excluding hydrogens is 362 g/mol. The molecule has 0 radical (unpaired) electrons. The topological polar surface area (TPSA) is 74.3 Å². The van der Waals surface area contributed by atoms with Crippen molar-refractivity contribution in [2.24, 2.45) is 0 Å². The monoisotopic (exact) mass is 385 g/mol. The Balaban J connectivity index is 2.17. The summed E-state index contributed by atoms with van der Waals surface area (Å²) >= 11 is 0. The van der Waals surface area contributed by atoms with E-state index in [-0.39, 0.29) is 23.0 Å². The van der Waals surface area contributed by atoms with Crippen molar-refractivity contribution in [3.8, 4) is 17.2 Å². The van der Waals surface area contributed by atoms with Gasteiger partial charge in [-0.25, -0.2) is 4.79 Å². The average Bonchev–Trinajstić information content (AvgIpc) is 2.74. The quantitative estimate of drug-likeness (QED) is 0.488. The molecule has 0 aliphatic carbocycles. The number of carbonyl (C=O) groups excluding carboxylic acids is 2. The third-order valence-corrected chi connectivity index (χ3v) is 3.93. The highest BCUT2D eigenvalue weighted by atomic mass is 16.5. The van der Waals surface area contributed by atoms with Crippen LogP contribution < -0.4 is 19.1 Å². The molecule has 7 heteroatoms. The normalized spacial score (nSPS) is 9.96. The maximum atomic E-state index is 12.6. The molecule has 0 fully saturated rings. The fourth-order valence-corrected chi connectivity index (χ4v) is 2.63. The lowest BCUT2D eigenvalue weighted by Gasteiger charge is -2.21. The second kappa shape index (κ2) is 10.0. The third kappa shape index (κ3) is 4.62. The van der Waals surface area contributed by atoms with Crippen LogP contribution in [0.15, 0.2) is 55.1 Å². The smallest absolute Gasteiger partial charge is 0.342 e. The highest BCUT2D eigenvalue weighted by molar-refractivity contribution is 5.98. The molecule has 0 heterocycles. The van der Waals surface area contributed by atoms with E-state index >= 15 is 0 Å². The van der Waals surface area contributed by atoms with Crippen molar-refractivity contribution in [2.45, 2.75) is 0 Å². The predicted molar refractivity (Wildman–Crippen MR) is 105 cm³/mol. The van der Waals surface area contributed by atoms with E-state index in [0.29, 0.717) is 18.0 Å². The molecule has 2 aromatic carbocycles. The summed E-state index contributed by atoms with van der Waals surface area (Å²) in [7, 11) is 4.32. The minimum absolute atomic E-state index is 0.128. The SMILES string of the molecule is C=CCN(C(=O)COC(=O)c1ccc(OC)c(OC)c1OC)c1ccccc1. The van der Waals surface area contributed by atoms with E-state index in [1.807, 2.05) is 18.2 Å². The molecule has 0 unspecified atom stereocenters. The van der Waals surface area contributed by atoms with Gasteiger partial charge in [-0.2, -0.15) is 0 Å². The molecule has 0 atom stereocenters. The van der Waals surface area contributed by atoms with Gasteiger partial charge in [0.25, 0.3) is 5.91 Å². The predicted octanol–water partition coefficient (Wildman–Crippen LogP) is 3.09. The first-order valence-electron chi connectivity index (χ1n) is 8.49. The van der Waals surface area contributed by atoms with Gasteiger partial charge in [0.2, 0.25) is 5.75 Å². The van der Waals surface area contributed by atoms with Crippen LogP contribution in [0.1, 0.15) is 10.4 Å². The van der Waals surface area contributed by atoms with Crippen molar-refractivity contribution in [2.75, 3.05) is 39.4 Å². The molecule has 1 amide bonds. The summed E-state index contributed by atoms with van der Waals surface area (Å²) in [6.45, 7) is 3.53. The third-order valence-electron chi connectivity index (χ3n) is 3.93. The largest absolute Gasteiger partial charge is 0.493 e. The van der Waals surface area contributed by atoms with Gasteiger partial charge in [-0.15, -0.1) is 6.58 Å². The van der Waals surface area contributed by atoms with Gasteiger partial charge in [0, 0.05) is 12.2 Å². The molecule has 0 saturated carbocycles. The first-order valence-corrected chi connectivity index (χ1v) is 8.49. The number of ether oxygens (including phenoxy) is 4. The standard InChI is InChI=1S/C21H23NO6/c1-5-13-22(15-9-7-6-8-10-15)18(23)14-28-21(24)16-11-12-17(25-2)20(27-4)19(16)26-3/h5-12H,1,13-14H2,2-4H3. The molecular formula is C21H23NO6. The van der Waals surface area contributed by atoms with Crippen LogP contribution in [-0.2, 0) is 9.53 Å². The van der Waals surface area contributed by atoms with Gasteiger partial charge in [0.1, 0.15) is 5.56 Å². The van der Waals surface area contributed by atoms with Crippen LogP contribution >= 0.6 is 0 Å². The minimum Gasteiger partial charge on any atom is -0.493 e. The first-order chi connectivity index (χ1) is 13.6. The summed E-state index contributed by atoms with van der Waals surface area (Å²) < 4.78 is 20.9. The summed E-state index contributed by atoms with van der Waals surface area (Å²) in [5.74, 6) is -0.237. The van der Waals surface area contributed by atoms with E-state index in [0.717, 1.165) is 0 Å². The molecule has 2 rings (SSSR count). The van der Waals surface area contributed by atoms with Crippen LogP contribution in [0.25, 0.3) is 0 Å². The zero-order chi connectivity index (χ0) is 20.5. The lowest BCUT2D eigenvalue weighted by molar-refractivity contribution is -0.121. The van der Waals surface area contributed by atoms with Crippen molar-refractivity contribution in [3.05, 3.63) is 60.7 Å². The zero-order valence-corrected chi connectivity index (χ0v) is 16.1. The van der Waals surface area contributed by atoms with E-state index < -0.39 is 12.6 Å². The fraction of sp³-hybridized carbons (Fsp3) is 0.238. The Labute approximate surface area is 164 Å². The number of esters is 1. The van der Waals surface area contributed by atoms with Gasteiger partial charge in [0.15, 0.2) is 18.1 Å². The Morgan fingerprint density at radius 3 is 2.21 bits per heavy atom. The molecule has 0 N–H and O–H groups in total. The summed E-state index contributed by atoms with van der Waals surface area (Å²) in [5, 5.41) is 0. The molecule has 0 aliphatic rings. The van der Waals surface area contributed by atoms with E-state index in [4.69, 9.17) is 18.9 Å². The van der Waals surface area contributed by atoms with Crippen molar-refractivity contribution in [1.82, 2.24) is 0 Å². The summed E-state index contributed by atoms with van der Waals surface area (Å²) in [5.41, 5.74) is 0.815. The lowest BCUT2D eigenvalue weighted by atomic mass is 10.1. The number of hydrogen-bond donors (Lipinski definition) is 0. The van der Waals surface area contributed by atoms with Crippen LogP contribution in [0, 0.1) is 0 Å². The number of benzene rings is 2. The van der Waals surface area contributed by atoms with Gasteiger partial charge >= 0.3 is 5.97 Å². The van der Waals surface area contributed by atoms with Gasteiger partial charge in [-0.3, -0.25) is 4.79 Å². The van der Waals surface area contributed by atoms with Crippen LogP contribution in [0.4, 0.5) is 5.69 Å². The fourth-order valence-electron chi connectivity index (χ4n) is 2.63. The van der Waals surface area contributed by atoms with Crippen LogP contribution in [0.5, 0.6) is 17.2 Å². The Morgan fingerprint density at radius 1 is 0.964 bits per heavy atom. The number of para-hydroxylation sites is 1. The summed E-state index contributed by atoms with van der Waals surface area (Å²) in [4.78, 5) is 26.6. The van der Waals surface area contributed by atoms with Gasteiger partial charge in [0.05, 0.1) is 21.3 Å². The maximum absolute atomic E-state index is 12.6. The van der Waals surface area contributed by atoms with Crippen molar-refractivity contribution < 1.29 is 28.5 Å². The molecule has 7 nitrogen and oxygen atoms in total. The summed E-state index contributed by atoms with van der Waals surface area (Å²) in [6, 6.07) is 12.1. The number of hydrogen-bond acceptors (Lipinski definition) is 6. The lowest BCUT2D eigenvalue weighted by Crippen LogP contribution is -2.34. The van der Waals surface area contributed by atoms with Gasteiger partial charge in [-0.05, 0) is 24.3 Å². The van der Waals surface area contributed by atoms with Crippen molar-refractivity contribution in [3.63, 3.8) is 0 Å². The Morgan fingerprint density at radius 2 is 1.64 bits per heavy atom. The van der Waals surface area contributed by atoms with E-state index in [9.17, 15) is 9.59 Å². The Bertz CT molecular complexity index is 834. The van der Waals surface area contributed by atoms with Crippen molar-refractivity contribution in [1.29, 1.82) is 0 Å². The molecule has 0 spiro atoms. The zero-order valence-electron chi connectivity index (χ0n) is 16.1. The highest BCUT2D eigenvalue weighted by Crippen LogP contribution is 2.39. The molecule has 0 aromatic heterocycles. The highest BCUT2D eigenvalue weighted by Gasteiger charge is 2.23. The second-order valence-corrected chi connectivity index (χ2v) is 5.59. The van der Waals surface area contributed by atoms with E-state index in [1.165, 1.54) is 32.3 Å². The Hall–Kier alpha value is -3.48. The number of amides is 1. The number of carbonyl (C=O) groups is 2. The average molecular weight is 385 g/mol. The first kappa shape index (κ1) is 20.8. The second-order valence-electron chi connectivity index (χ2n) is 5.59. The molecule has 0 saturated heterocycles. The van der Waals surface area contributed by atoms with Crippen LogP contribution in [-0.4, -0.2) is 46.4 Å². The number of nitrogens with zero attached hydrogens (tertiary/aromatic N) is 1.